The summed E-state index contributed by atoms with van der Waals surface area (Å²) in [5.74, 6) is -0.233. The van der Waals surface area contributed by atoms with Crippen molar-refractivity contribution in [1.82, 2.24) is 0 Å². The van der Waals surface area contributed by atoms with Crippen LogP contribution < -0.4 is 0 Å². The summed E-state index contributed by atoms with van der Waals surface area (Å²) in [5.41, 5.74) is 3.59. The standard InChI is InChI=1S/C12H13F/c1-8(2)11-6-5-10(13)7-12(11)9(3)4/h5-7H,1,3H2,2,4H3. The summed E-state index contributed by atoms with van der Waals surface area (Å²) in [4.78, 5) is 0. The van der Waals surface area contributed by atoms with Crippen LogP contribution in [-0.2, 0) is 0 Å². The molecule has 68 valence electrons. The highest BCUT2D eigenvalue weighted by atomic mass is 19.1. The van der Waals surface area contributed by atoms with E-state index in [2.05, 4.69) is 13.2 Å². The van der Waals surface area contributed by atoms with E-state index >= 15 is 0 Å². The smallest absolute Gasteiger partial charge is 0.123 e. The zero-order valence-corrected chi connectivity index (χ0v) is 8.02. The molecular weight excluding hydrogens is 163 g/mol. The minimum atomic E-state index is -0.233. The molecule has 0 saturated carbocycles. The summed E-state index contributed by atoms with van der Waals surface area (Å²) in [6, 6.07) is 4.67. The molecule has 0 aliphatic carbocycles. The molecule has 0 fully saturated rings. The van der Waals surface area contributed by atoms with Crippen LogP contribution in [0.4, 0.5) is 4.39 Å². The summed E-state index contributed by atoms with van der Waals surface area (Å²) in [6.07, 6.45) is 0. The van der Waals surface area contributed by atoms with E-state index in [0.717, 1.165) is 22.3 Å². The molecule has 0 amide bonds. The number of benzene rings is 1. The third-order valence-electron chi connectivity index (χ3n) is 1.90. The number of hydrogen-bond acceptors (Lipinski definition) is 0. The Kier molecular flexibility index (Phi) is 2.66. The minimum absolute atomic E-state index is 0.233. The highest BCUT2D eigenvalue weighted by Gasteiger charge is 2.04. The van der Waals surface area contributed by atoms with Gasteiger partial charge >= 0.3 is 0 Å². The summed E-state index contributed by atoms with van der Waals surface area (Å²) in [6.45, 7) is 11.4. The first kappa shape index (κ1) is 9.72. The molecule has 0 radical (unpaired) electrons. The summed E-state index contributed by atoms with van der Waals surface area (Å²) >= 11 is 0. The number of allylic oxidation sites excluding steroid dienone is 2. The van der Waals surface area contributed by atoms with Crippen molar-refractivity contribution in [2.24, 2.45) is 0 Å². The Morgan fingerprint density at radius 2 is 1.62 bits per heavy atom. The molecule has 1 rings (SSSR count). The van der Waals surface area contributed by atoms with Crippen LogP contribution in [0.15, 0.2) is 31.4 Å². The molecule has 0 N–H and O–H groups in total. The van der Waals surface area contributed by atoms with Gasteiger partial charge in [-0.3, -0.25) is 0 Å². The fraction of sp³-hybridized carbons (Fsp3) is 0.167. The maximum atomic E-state index is 12.9. The first-order chi connectivity index (χ1) is 6.02. The Bertz CT molecular complexity index is 361. The summed E-state index contributed by atoms with van der Waals surface area (Å²) in [7, 11) is 0. The van der Waals surface area contributed by atoms with Crippen molar-refractivity contribution in [3.8, 4) is 0 Å². The van der Waals surface area contributed by atoms with E-state index in [1.807, 2.05) is 13.8 Å². The third kappa shape index (κ3) is 2.05. The third-order valence-corrected chi connectivity index (χ3v) is 1.90. The maximum absolute atomic E-state index is 12.9. The lowest BCUT2D eigenvalue weighted by molar-refractivity contribution is 0.627. The van der Waals surface area contributed by atoms with Gasteiger partial charge in [0.15, 0.2) is 0 Å². The van der Waals surface area contributed by atoms with Gasteiger partial charge in [-0.1, -0.05) is 30.4 Å². The Balaban J connectivity index is 3.35. The van der Waals surface area contributed by atoms with Crippen molar-refractivity contribution in [3.63, 3.8) is 0 Å². The molecule has 0 aliphatic rings. The Morgan fingerprint density at radius 1 is 1.08 bits per heavy atom. The average molecular weight is 176 g/mol. The molecule has 0 saturated heterocycles. The number of hydrogen-bond donors (Lipinski definition) is 0. The van der Waals surface area contributed by atoms with Gasteiger partial charge in [0.2, 0.25) is 0 Å². The van der Waals surface area contributed by atoms with Crippen LogP contribution in [-0.4, -0.2) is 0 Å². The first-order valence-corrected chi connectivity index (χ1v) is 4.13. The second-order valence-electron chi connectivity index (χ2n) is 3.25. The largest absolute Gasteiger partial charge is 0.207 e. The second-order valence-corrected chi connectivity index (χ2v) is 3.25. The molecule has 0 bridgehead atoms. The van der Waals surface area contributed by atoms with Gasteiger partial charge in [0, 0.05) is 0 Å². The second kappa shape index (κ2) is 3.56. The van der Waals surface area contributed by atoms with Crippen molar-refractivity contribution in [2.45, 2.75) is 13.8 Å². The lowest BCUT2D eigenvalue weighted by atomic mass is 9.97. The molecule has 0 nitrogen and oxygen atoms in total. The predicted molar refractivity (Wildman–Crippen MR) is 55.8 cm³/mol. The van der Waals surface area contributed by atoms with Crippen molar-refractivity contribution >= 4 is 11.1 Å². The SMILES string of the molecule is C=C(C)c1ccc(F)cc1C(=C)C. The predicted octanol–water partition coefficient (Wildman–Crippen LogP) is 3.89. The minimum Gasteiger partial charge on any atom is -0.207 e. The fourth-order valence-electron chi connectivity index (χ4n) is 1.24. The lowest BCUT2D eigenvalue weighted by Crippen LogP contribution is -1.89. The van der Waals surface area contributed by atoms with Crippen molar-refractivity contribution < 1.29 is 4.39 Å². The molecule has 1 heteroatoms. The van der Waals surface area contributed by atoms with Gasteiger partial charge in [0.1, 0.15) is 5.82 Å². The zero-order valence-electron chi connectivity index (χ0n) is 8.02. The molecule has 0 heterocycles. The molecule has 13 heavy (non-hydrogen) atoms. The van der Waals surface area contributed by atoms with Gasteiger partial charge in [0.25, 0.3) is 0 Å². The highest BCUT2D eigenvalue weighted by Crippen LogP contribution is 2.23. The Morgan fingerprint density at radius 3 is 2.08 bits per heavy atom. The molecule has 1 aromatic rings. The van der Waals surface area contributed by atoms with E-state index in [1.165, 1.54) is 12.1 Å². The first-order valence-electron chi connectivity index (χ1n) is 4.13. The molecule has 1 aromatic carbocycles. The highest BCUT2D eigenvalue weighted by molar-refractivity contribution is 5.76. The molecular formula is C12H13F. The van der Waals surface area contributed by atoms with Gasteiger partial charge in [-0.25, -0.2) is 4.39 Å². The van der Waals surface area contributed by atoms with Crippen LogP contribution >= 0.6 is 0 Å². The topological polar surface area (TPSA) is 0 Å². The van der Waals surface area contributed by atoms with E-state index in [-0.39, 0.29) is 5.82 Å². The summed E-state index contributed by atoms with van der Waals surface area (Å²) < 4.78 is 12.9. The Hall–Kier alpha value is -1.37. The lowest BCUT2D eigenvalue weighted by Gasteiger charge is -2.08. The molecule has 0 unspecified atom stereocenters. The molecule has 0 atom stereocenters. The monoisotopic (exact) mass is 176 g/mol. The van der Waals surface area contributed by atoms with Crippen molar-refractivity contribution in [1.29, 1.82) is 0 Å². The molecule has 0 aliphatic heterocycles. The van der Waals surface area contributed by atoms with Crippen molar-refractivity contribution in [2.75, 3.05) is 0 Å². The van der Waals surface area contributed by atoms with Crippen LogP contribution in [0.5, 0.6) is 0 Å². The van der Waals surface area contributed by atoms with E-state index in [9.17, 15) is 4.39 Å². The zero-order chi connectivity index (χ0) is 10.0. The van der Waals surface area contributed by atoms with Crippen LogP contribution in [0.25, 0.3) is 11.1 Å². The van der Waals surface area contributed by atoms with Gasteiger partial charge in [-0.05, 0) is 37.1 Å². The van der Waals surface area contributed by atoms with E-state index in [4.69, 9.17) is 0 Å². The van der Waals surface area contributed by atoms with Gasteiger partial charge in [0.05, 0.1) is 0 Å². The quantitative estimate of drug-likeness (QED) is 0.641. The Labute approximate surface area is 78.4 Å². The van der Waals surface area contributed by atoms with Crippen LogP contribution in [0, 0.1) is 5.82 Å². The van der Waals surface area contributed by atoms with Gasteiger partial charge in [-0.2, -0.15) is 0 Å². The van der Waals surface area contributed by atoms with Crippen LogP contribution in [0.2, 0.25) is 0 Å². The van der Waals surface area contributed by atoms with Crippen molar-refractivity contribution in [3.05, 3.63) is 48.3 Å². The normalized spacial score (nSPS) is 9.77. The average Bonchev–Trinajstić information content (AvgIpc) is 2.03. The summed E-state index contributed by atoms with van der Waals surface area (Å²) in [5, 5.41) is 0. The number of halogens is 1. The molecule has 0 spiro atoms. The van der Waals surface area contributed by atoms with Gasteiger partial charge in [-0.15, -0.1) is 0 Å². The van der Waals surface area contributed by atoms with E-state index in [1.54, 1.807) is 6.07 Å². The van der Waals surface area contributed by atoms with Crippen LogP contribution in [0.1, 0.15) is 25.0 Å². The van der Waals surface area contributed by atoms with Crippen LogP contribution in [0.3, 0.4) is 0 Å². The van der Waals surface area contributed by atoms with Gasteiger partial charge < -0.3 is 0 Å². The van der Waals surface area contributed by atoms with E-state index in [0.29, 0.717) is 0 Å². The number of rotatable bonds is 2. The van der Waals surface area contributed by atoms with E-state index < -0.39 is 0 Å². The fourth-order valence-corrected chi connectivity index (χ4v) is 1.24. The molecule has 0 aromatic heterocycles. The maximum Gasteiger partial charge on any atom is 0.123 e.